The van der Waals surface area contributed by atoms with Crippen LogP contribution in [-0.2, 0) is 38.6 Å². The van der Waals surface area contributed by atoms with Gasteiger partial charge in [-0.3, -0.25) is 0 Å². The van der Waals surface area contributed by atoms with E-state index in [1.54, 1.807) is 0 Å². The molecule has 0 aliphatic heterocycles. The van der Waals surface area contributed by atoms with Crippen LogP contribution >= 0.6 is 0 Å². The fraction of sp³-hybridized carbons (Fsp3) is 0.167. The Morgan fingerprint density at radius 2 is 0.682 bits per heavy atom. The Labute approximate surface area is 161 Å². The molecule has 2 aromatic rings. The minimum absolute atomic E-state index is 0. The summed E-state index contributed by atoms with van der Waals surface area (Å²) in [5.74, 6) is 0. The molecular weight excluding hydrogens is 456 g/mol. The van der Waals surface area contributed by atoms with Crippen LogP contribution in [0.15, 0.2) is 48.5 Å². The van der Waals surface area contributed by atoms with Gasteiger partial charge in [0.1, 0.15) is 0 Å². The summed E-state index contributed by atoms with van der Waals surface area (Å²) in [4.78, 5) is 0. The summed E-state index contributed by atoms with van der Waals surface area (Å²) in [5, 5.41) is 0. The fourth-order valence-electron chi connectivity index (χ4n) is 1.13. The summed E-state index contributed by atoms with van der Waals surface area (Å²) < 4.78 is 69.7. The summed E-state index contributed by atoms with van der Waals surface area (Å²) >= 11 is 0. The Morgan fingerprint density at radius 1 is 0.500 bits per heavy atom. The van der Waals surface area contributed by atoms with Crippen LogP contribution in [0, 0.1) is 0 Å². The summed E-state index contributed by atoms with van der Waals surface area (Å²) in [6.07, 6.45) is -8.35. The van der Waals surface area contributed by atoms with E-state index < -0.39 is 23.5 Å². The molecule has 0 fully saturated rings. The first-order chi connectivity index (χ1) is 8.21. The Bertz CT molecular complexity index is 404. The average molecular weight is 464 g/mol. The number of rotatable bonds is 0. The van der Waals surface area contributed by atoms with Crippen molar-refractivity contribution < 1.29 is 89.8 Å². The molecule has 22 heavy (non-hydrogen) atoms. The second kappa shape index (κ2) is 12.5. The van der Waals surface area contributed by atoms with Crippen LogP contribution in [0.5, 0.6) is 0 Å². The van der Waals surface area contributed by atoms with E-state index in [4.69, 9.17) is 0 Å². The van der Waals surface area contributed by atoms with E-state index in [9.17, 15) is 26.3 Å². The first-order valence-corrected chi connectivity index (χ1v) is 4.79. The Kier molecular flexibility index (Phi) is 17.0. The van der Waals surface area contributed by atoms with Crippen molar-refractivity contribution in [2.24, 2.45) is 0 Å². The molecular formula is C12H8Cl3F6Zr-2. The van der Waals surface area contributed by atoms with Gasteiger partial charge in [0.2, 0.25) is 0 Å². The minimum Gasteiger partial charge on any atom is -1.00 e. The van der Waals surface area contributed by atoms with Crippen LogP contribution in [-0.4, -0.2) is 0 Å². The molecule has 2 aromatic carbocycles. The van der Waals surface area contributed by atoms with Crippen molar-refractivity contribution in [3.63, 3.8) is 0 Å². The van der Waals surface area contributed by atoms with Crippen molar-refractivity contribution in [2.45, 2.75) is 12.4 Å². The monoisotopic (exact) mass is 461 g/mol. The largest absolute Gasteiger partial charge is 3.00 e. The van der Waals surface area contributed by atoms with Crippen molar-refractivity contribution >= 4 is 0 Å². The van der Waals surface area contributed by atoms with Gasteiger partial charge in [-0.1, -0.05) is 11.1 Å². The van der Waals surface area contributed by atoms with Crippen molar-refractivity contribution in [3.8, 4) is 0 Å². The SMILES string of the molecule is FC(F)(F)[c-]1cccc1.FC(F)(F)[c-]1cccc1.[Cl-].[Cl-].[Cl-].[Zr+3]. The second-order valence-corrected chi connectivity index (χ2v) is 3.34. The molecule has 0 spiro atoms. The zero-order valence-corrected chi connectivity index (χ0v) is 15.2. The van der Waals surface area contributed by atoms with Gasteiger partial charge in [0.05, 0.1) is 0 Å². The van der Waals surface area contributed by atoms with E-state index in [0.29, 0.717) is 0 Å². The average Bonchev–Trinajstić information content (AvgIpc) is 2.91. The molecule has 2 rings (SSSR count). The molecule has 0 aromatic heterocycles. The quantitative estimate of drug-likeness (QED) is 0.275. The van der Waals surface area contributed by atoms with E-state index in [1.165, 1.54) is 24.3 Å². The number of halogens is 9. The minimum atomic E-state index is -4.18. The van der Waals surface area contributed by atoms with Crippen LogP contribution in [0.3, 0.4) is 0 Å². The normalized spacial score (nSPS) is 9.73. The predicted octanol–water partition coefficient (Wildman–Crippen LogP) is -4.14. The molecule has 0 bridgehead atoms. The maximum absolute atomic E-state index is 11.6. The molecule has 0 nitrogen and oxygen atoms in total. The molecule has 0 saturated carbocycles. The summed E-state index contributed by atoms with van der Waals surface area (Å²) in [7, 11) is 0. The van der Waals surface area contributed by atoms with Gasteiger partial charge in [0.15, 0.2) is 0 Å². The van der Waals surface area contributed by atoms with Gasteiger partial charge in [-0.15, -0.1) is 0 Å². The zero-order chi connectivity index (χ0) is 13.8. The molecule has 0 aliphatic rings. The zero-order valence-electron chi connectivity index (χ0n) is 10.5. The molecule has 0 saturated heterocycles. The topological polar surface area (TPSA) is 0 Å². The summed E-state index contributed by atoms with van der Waals surface area (Å²) in [6.45, 7) is 0. The smallest absolute Gasteiger partial charge is 1.00 e. The fourth-order valence-corrected chi connectivity index (χ4v) is 1.13. The molecule has 10 heteroatoms. The van der Waals surface area contributed by atoms with Crippen molar-refractivity contribution in [1.29, 1.82) is 0 Å². The van der Waals surface area contributed by atoms with Crippen LogP contribution in [0.2, 0.25) is 0 Å². The van der Waals surface area contributed by atoms with Gasteiger partial charge < -0.3 is 37.2 Å². The van der Waals surface area contributed by atoms with Crippen molar-refractivity contribution in [2.75, 3.05) is 0 Å². The van der Waals surface area contributed by atoms with Gasteiger partial charge in [0, 0.05) is 0 Å². The molecule has 125 valence electrons. The Hall–Kier alpha value is 0.0331. The Balaban J connectivity index is -0.000000125. The third-order valence-corrected chi connectivity index (χ3v) is 1.98. The van der Waals surface area contributed by atoms with E-state index in [1.807, 2.05) is 0 Å². The second-order valence-electron chi connectivity index (χ2n) is 3.34. The van der Waals surface area contributed by atoms with Crippen molar-refractivity contribution in [1.82, 2.24) is 0 Å². The summed E-state index contributed by atoms with van der Waals surface area (Å²) in [6, 6.07) is 9.62. The molecule has 1 radical (unpaired) electrons. The summed E-state index contributed by atoms with van der Waals surface area (Å²) in [5.41, 5.74) is -1.16. The molecule has 0 aliphatic carbocycles. The maximum atomic E-state index is 11.6. The molecule has 0 atom stereocenters. The van der Waals surface area contributed by atoms with Gasteiger partial charge in [-0.25, -0.2) is 24.3 Å². The van der Waals surface area contributed by atoms with Crippen LogP contribution in [0.25, 0.3) is 0 Å². The van der Waals surface area contributed by atoms with Crippen LogP contribution in [0.1, 0.15) is 11.1 Å². The standard InChI is InChI=1S/2C6H4F3.3ClH.Zr/c2*7-6(8,9)5-3-1-2-4-5;;;;/h2*1-4H;3*1H;/q2*-1;;;;+3/p-3. The van der Waals surface area contributed by atoms with Gasteiger partial charge >= 0.3 is 38.6 Å². The van der Waals surface area contributed by atoms with Crippen LogP contribution < -0.4 is 37.2 Å². The molecule has 0 N–H and O–H groups in total. The van der Waals surface area contributed by atoms with E-state index in [0.717, 1.165) is 24.3 Å². The van der Waals surface area contributed by atoms with Gasteiger partial charge in [0.25, 0.3) is 0 Å². The third-order valence-electron chi connectivity index (χ3n) is 1.98. The molecule has 0 heterocycles. The van der Waals surface area contributed by atoms with E-state index >= 15 is 0 Å². The molecule has 0 amide bonds. The number of alkyl halides is 6. The number of hydrogen-bond donors (Lipinski definition) is 0. The third kappa shape index (κ3) is 10.7. The Morgan fingerprint density at radius 3 is 0.773 bits per heavy atom. The van der Waals surface area contributed by atoms with Crippen molar-refractivity contribution in [3.05, 3.63) is 59.7 Å². The van der Waals surface area contributed by atoms with E-state index in [-0.39, 0.29) is 63.4 Å². The maximum Gasteiger partial charge on any atom is 3.00 e. The van der Waals surface area contributed by atoms with Gasteiger partial charge in [-0.2, -0.15) is 50.6 Å². The first kappa shape index (κ1) is 30.0. The first-order valence-electron chi connectivity index (χ1n) is 4.79. The van der Waals surface area contributed by atoms with E-state index in [2.05, 4.69) is 0 Å². The predicted molar refractivity (Wildman–Crippen MR) is 54.1 cm³/mol. The molecule has 0 unspecified atom stereocenters. The van der Waals surface area contributed by atoms with Crippen LogP contribution in [0.4, 0.5) is 26.3 Å². The number of hydrogen-bond acceptors (Lipinski definition) is 0. The van der Waals surface area contributed by atoms with Gasteiger partial charge in [-0.05, 0) is 0 Å².